The summed E-state index contributed by atoms with van der Waals surface area (Å²) in [5, 5.41) is 3.00. The number of hydrogen-bond acceptors (Lipinski definition) is 2. The predicted molar refractivity (Wildman–Crippen MR) is 81.4 cm³/mol. The van der Waals surface area contributed by atoms with E-state index in [1.54, 1.807) is 0 Å². The van der Waals surface area contributed by atoms with E-state index in [4.69, 9.17) is 0 Å². The molecule has 0 spiro atoms. The SMILES string of the molecule is CCC1C(=O)NC(CC)(CC)C(=O)N1C(C)(CC)CC. The molecular weight excluding hydrogens is 252 g/mol. The standard InChI is InChI=1S/C16H30N2O2/c1-7-12-13(19)17-16(10-4,11-5)14(20)18(12)15(6,8-2)9-3/h12H,7-11H2,1-6H3,(H,17,19). The van der Waals surface area contributed by atoms with Gasteiger partial charge in [-0.1, -0.05) is 34.6 Å². The minimum atomic E-state index is -0.714. The Morgan fingerprint density at radius 3 is 1.95 bits per heavy atom. The summed E-state index contributed by atoms with van der Waals surface area (Å²) >= 11 is 0. The topological polar surface area (TPSA) is 49.4 Å². The Morgan fingerprint density at radius 2 is 1.60 bits per heavy atom. The Bertz CT molecular complexity index is 371. The lowest BCUT2D eigenvalue weighted by atomic mass is 9.81. The zero-order valence-electron chi connectivity index (χ0n) is 13.9. The second-order valence-electron chi connectivity index (χ2n) is 6.08. The first-order chi connectivity index (χ1) is 9.35. The van der Waals surface area contributed by atoms with Crippen LogP contribution in [0, 0.1) is 0 Å². The van der Waals surface area contributed by atoms with Gasteiger partial charge >= 0.3 is 0 Å². The summed E-state index contributed by atoms with van der Waals surface area (Å²) in [6, 6.07) is -0.335. The van der Waals surface area contributed by atoms with Gasteiger partial charge < -0.3 is 10.2 Å². The first-order valence-electron chi connectivity index (χ1n) is 8.01. The molecule has 1 heterocycles. The predicted octanol–water partition coefficient (Wildman–Crippen LogP) is 2.86. The fourth-order valence-corrected chi connectivity index (χ4v) is 3.17. The number of carbonyl (C=O) groups is 2. The minimum Gasteiger partial charge on any atom is -0.340 e. The zero-order chi connectivity index (χ0) is 15.6. The van der Waals surface area contributed by atoms with Crippen molar-refractivity contribution in [3.8, 4) is 0 Å². The van der Waals surface area contributed by atoms with Gasteiger partial charge in [0.25, 0.3) is 0 Å². The normalized spacial score (nSPS) is 22.9. The van der Waals surface area contributed by atoms with E-state index in [-0.39, 0.29) is 23.4 Å². The lowest BCUT2D eigenvalue weighted by molar-refractivity contribution is -0.163. The van der Waals surface area contributed by atoms with Crippen molar-refractivity contribution in [2.45, 2.75) is 90.8 Å². The van der Waals surface area contributed by atoms with Gasteiger partial charge in [-0.15, -0.1) is 0 Å². The van der Waals surface area contributed by atoms with Gasteiger partial charge in [0.15, 0.2) is 0 Å². The highest BCUT2D eigenvalue weighted by Crippen LogP contribution is 2.34. The average molecular weight is 282 g/mol. The molecule has 0 aromatic rings. The van der Waals surface area contributed by atoms with Gasteiger partial charge in [-0.2, -0.15) is 0 Å². The van der Waals surface area contributed by atoms with Crippen LogP contribution in [0.5, 0.6) is 0 Å². The summed E-state index contributed by atoms with van der Waals surface area (Å²) in [5.74, 6) is 0.101. The van der Waals surface area contributed by atoms with Crippen LogP contribution in [0.25, 0.3) is 0 Å². The van der Waals surface area contributed by atoms with E-state index in [9.17, 15) is 9.59 Å². The molecule has 1 unspecified atom stereocenters. The Hall–Kier alpha value is -1.06. The molecule has 2 amide bonds. The number of hydrogen-bond donors (Lipinski definition) is 1. The van der Waals surface area contributed by atoms with Crippen LogP contribution in [0.3, 0.4) is 0 Å². The number of carbonyl (C=O) groups excluding carboxylic acids is 2. The van der Waals surface area contributed by atoms with Gasteiger partial charge in [-0.05, 0) is 39.0 Å². The Balaban J connectivity index is 3.33. The molecule has 1 rings (SSSR count). The Labute approximate surface area is 123 Å². The fourth-order valence-electron chi connectivity index (χ4n) is 3.17. The first-order valence-corrected chi connectivity index (χ1v) is 8.01. The molecule has 4 nitrogen and oxygen atoms in total. The second kappa shape index (κ2) is 6.15. The van der Waals surface area contributed by atoms with Crippen molar-refractivity contribution in [1.82, 2.24) is 10.2 Å². The second-order valence-corrected chi connectivity index (χ2v) is 6.08. The van der Waals surface area contributed by atoms with Crippen LogP contribution in [-0.4, -0.2) is 33.8 Å². The van der Waals surface area contributed by atoms with E-state index in [1.165, 1.54) is 0 Å². The van der Waals surface area contributed by atoms with E-state index in [0.717, 1.165) is 12.8 Å². The van der Waals surface area contributed by atoms with Crippen molar-refractivity contribution in [2.75, 3.05) is 0 Å². The van der Waals surface area contributed by atoms with Crippen molar-refractivity contribution in [2.24, 2.45) is 0 Å². The number of nitrogens with one attached hydrogen (secondary N) is 1. The third kappa shape index (κ3) is 2.45. The molecule has 1 N–H and O–H groups in total. The fraction of sp³-hybridized carbons (Fsp3) is 0.875. The van der Waals surface area contributed by atoms with Crippen LogP contribution in [-0.2, 0) is 9.59 Å². The van der Waals surface area contributed by atoms with Crippen molar-refractivity contribution < 1.29 is 9.59 Å². The molecule has 0 aromatic carbocycles. The van der Waals surface area contributed by atoms with Crippen molar-refractivity contribution in [3.63, 3.8) is 0 Å². The van der Waals surface area contributed by atoms with E-state index >= 15 is 0 Å². The lowest BCUT2D eigenvalue weighted by Crippen LogP contribution is -2.73. The van der Waals surface area contributed by atoms with Crippen LogP contribution >= 0.6 is 0 Å². The highest BCUT2D eigenvalue weighted by atomic mass is 16.2. The average Bonchev–Trinajstić information content (AvgIpc) is 2.48. The molecule has 1 atom stereocenters. The monoisotopic (exact) mass is 282 g/mol. The molecule has 1 saturated heterocycles. The summed E-state index contributed by atoms with van der Waals surface area (Å²) in [4.78, 5) is 27.5. The van der Waals surface area contributed by atoms with Gasteiger partial charge in [0.2, 0.25) is 11.8 Å². The van der Waals surface area contributed by atoms with Gasteiger partial charge in [0.1, 0.15) is 11.6 Å². The summed E-state index contributed by atoms with van der Waals surface area (Å²) in [5.41, 5.74) is -0.959. The highest BCUT2D eigenvalue weighted by Gasteiger charge is 2.52. The smallest absolute Gasteiger partial charge is 0.249 e. The summed E-state index contributed by atoms with van der Waals surface area (Å²) < 4.78 is 0. The van der Waals surface area contributed by atoms with Crippen LogP contribution in [0.2, 0.25) is 0 Å². The van der Waals surface area contributed by atoms with E-state index in [1.807, 2.05) is 25.7 Å². The number of amides is 2. The van der Waals surface area contributed by atoms with E-state index < -0.39 is 5.54 Å². The molecular formula is C16H30N2O2. The van der Waals surface area contributed by atoms with Crippen molar-refractivity contribution in [1.29, 1.82) is 0 Å². The zero-order valence-corrected chi connectivity index (χ0v) is 13.9. The first kappa shape index (κ1) is 17.0. The molecule has 4 heteroatoms. The number of nitrogens with zero attached hydrogens (tertiary/aromatic N) is 1. The Kier molecular flexibility index (Phi) is 5.22. The molecule has 0 aromatic heterocycles. The lowest BCUT2D eigenvalue weighted by Gasteiger charge is -2.52. The Morgan fingerprint density at radius 1 is 1.10 bits per heavy atom. The largest absolute Gasteiger partial charge is 0.340 e. The summed E-state index contributed by atoms with van der Waals surface area (Å²) in [7, 11) is 0. The van der Waals surface area contributed by atoms with Crippen molar-refractivity contribution >= 4 is 11.8 Å². The molecule has 0 saturated carbocycles. The molecule has 20 heavy (non-hydrogen) atoms. The van der Waals surface area contributed by atoms with Gasteiger partial charge in [0, 0.05) is 5.54 Å². The molecule has 1 fully saturated rings. The van der Waals surface area contributed by atoms with Gasteiger partial charge in [-0.25, -0.2) is 0 Å². The van der Waals surface area contributed by atoms with E-state index in [2.05, 4.69) is 26.1 Å². The van der Waals surface area contributed by atoms with Crippen molar-refractivity contribution in [3.05, 3.63) is 0 Å². The maximum Gasteiger partial charge on any atom is 0.249 e. The third-order valence-corrected chi connectivity index (χ3v) is 5.30. The van der Waals surface area contributed by atoms with Crippen LogP contribution < -0.4 is 5.32 Å². The number of piperazine rings is 1. The maximum atomic E-state index is 13.1. The van der Waals surface area contributed by atoms with Gasteiger partial charge in [-0.3, -0.25) is 9.59 Å². The van der Waals surface area contributed by atoms with Crippen LogP contribution in [0.15, 0.2) is 0 Å². The summed E-state index contributed by atoms with van der Waals surface area (Å²) in [6.45, 7) is 12.2. The highest BCUT2D eigenvalue weighted by molar-refractivity contribution is 6.00. The van der Waals surface area contributed by atoms with Crippen LogP contribution in [0.1, 0.15) is 73.6 Å². The molecule has 0 radical (unpaired) electrons. The molecule has 116 valence electrons. The number of rotatable bonds is 6. The molecule has 1 aliphatic heterocycles. The quantitative estimate of drug-likeness (QED) is 0.814. The third-order valence-electron chi connectivity index (χ3n) is 5.30. The maximum absolute atomic E-state index is 13.1. The molecule has 1 aliphatic rings. The minimum absolute atomic E-state index is 0.00363. The van der Waals surface area contributed by atoms with Gasteiger partial charge in [0.05, 0.1) is 0 Å². The molecule has 0 aliphatic carbocycles. The van der Waals surface area contributed by atoms with E-state index in [0.29, 0.717) is 19.3 Å². The van der Waals surface area contributed by atoms with Crippen LogP contribution in [0.4, 0.5) is 0 Å². The molecule has 0 bridgehead atoms. The summed E-state index contributed by atoms with van der Waals surface area (Å²) in [6.07, 6.45) is 3.68.